The maximum Gasteiger partial charge on any atom is 0.259 e. The van der Waals surface area contributed by atoms with Crippen LogP contribution in [0.1, 0.15) is 65.4 Å². The molecule has 0 aliphatic rings. The van der Waals surface area contributed by atoms with Gasteiger partial charge in [-0.2, -0.15) is 0 Å². The van der Waals surface area contributed by atoms with Crippen LogP contribution in [0.15, 0.2) is 78.9 Å². The highest BCUT2D eigenvalue weighted by molar-refractivity contribution is 6.06. The van der Waals surface area contributed by atoms with Gasteiger partial charge in [0.1, 0.15) is 5.75 Å². The van der Waals surface area contributed by atoms with Gasteiger partial charge in [-0.3, -0.25) is 9.59 Å². The predicted octanol–water partition coefficient (Wildman–Crippen LogP) is 6.00. The molecule has 0 aliphatic heterocycles. The van der Waals surface area contributed by atoms with Crippen molar-refractivity contribution < 1.29 is 14.3 Å². The number of hydrogen-bond acceptors (Lipinski definition) is 3. The van der Waals surface area contributed by atoms with Crippen molar-refractivity contribution in [2.45, 2.75) is 39.2 Å². The summed E-state index contributed by atoms with van der Waals surface area (Å²) in [5.41, 5.74) is 2.53. The summed E-state index contributed by atoms with van der Waals surface area (Å²) in [5, 5.41) is 5.88. The lowest BCUT2D eigenvalue weighted by molar-refractivity contribution is 0.0938. The Morgan fingerprint density at radius 1 is 0.875 bits per heavy atom. The summed E-state index contributed by atoms with van der Waals surface area (Å²) in [7, 11) is 0. The van der Waals surface area contributed by atoms with Gasteiger partial charge in [0.2, 0.25) is 0 Å². The highest BCUT2D eigenvalue weighted by Gasteiger charge is 2.15. The Bertz CT molecular complexity index is 1030. The van der Waals surface area contributed by atoms with Gasteiger partial charge in [-0.1, -0.05) is 68.3 Å². The summed E-state index contributed by atoms with van der Waals surface area (Å²) in [4.78, 5) is 25.6. The molecular formula is C27H30N2O3. The van der Waals surface area contributed by atoms with Gasteiger partial charge in [0.25, 0.3) is 11.8 Å². The van der Waals surface area contributed by atoms with Crippen LogP contribution in [-0.2, 0) is 0 Å². The number of benzene rings is 3. The van der Waals surface area contributed by atoms with Crippen LogP contribution in [0.3, 0.4) is 0 Å². The van der Waals surface area contributed by atoms with Gasteiger partial charge in [0.15, 0.2) is 0 Å². The highest BCUT2D eigenvalue weighted by atomic mass is 16.5. The molecule has 0 spiro atoms. The van der Waals surface area contributed by atoms with E-state index in [4.69, 9.17) is 4.74 Å². The van der Waals surface area contributed by atoms with Gasteiger partial charge in [-0.15, -0.1) is 0 Å². The lowest BCUT2D eigenvalue weighted by Crippen LogP contribution is -2.26. The number of rotatable bonds is 10. The molecule has 0 saturated heterocycles. The van der Waals surface area contributed by atoms with Crippen molar-refractivity contribution >= 4 is 17.5 Å². The number of carbonyl (C=O) groups excluding carboxylic acids is 2. The van der Waals surface area contributed by atoms with Crippen LogP contribution in [0.5, 0.6) is 5.75 Å². The van der Waals surface area contributed by atoms with E-state index >= 15 is 0 Å². The quantitative estimate of drug-likeness (QED) is 0.388. The molecule has 0 radical (unpaired) electrons. The first-order chi connectivity index (χ1) is 15.6. The van der Waals surface area contributed by atoms with Crippen molar-refractivity contribution in [1.82, 2.24) is 5.32 Å². The Kier molecular flexibility index (Phi) is 8.44. The van der Waals surface area contributed by atoms with Gasteiger partial charge in [-0.25, -0.2) is 0 Å². The lowest BCUT2D eigenvalue weighted by atomic mass is 10.1. The minimum absolute atomic E-state index is 0.126. The fraction of sp³-hybridized carbons (Fsp3) is 0.259. The van der Waals surface area contributed by atoms with Gasteiger partial charge >= 0.3 is 0 Å². The molecule has 32 heavy (non-hydrogen) atoms. The maximum absolute atomic E-state index is 12.9. The van der Waals surface area contributed by atoms with E-state index in [2.05, 4.69) is 17.6 Å². The number of carbonyl (C=O) groups is 2. The first kappa shape index (κ1) is 23.1. The van der Waals surface area contributed by atoms with E-state index in [9.17, 15) is 9.59 Å². The van der Waals surface area contributed by atoms with Crippen molar-refractivity contribution in [3.8, 4) is 5.75 Å². The lowest BCUT2D eigenvalue weighted by Gasteiger charge is -2.15. The maximum atomic E-state index is 12.9. The predicted molar refractivity (Wildman–Crippen MR) is 128 cm³/mol. The molecule has 0 fully saturated rings. The standard InChI is InChI=1S/C27H30N2O3/c1-3-4-10-18-32-25-17-9-8-16-24(25)27(31)29-23-15-11-14-22(19-23)26(30)28-20(2)21-12-6-5-7-13-21/h5-9,11-17,19-20H,3-4,10,18H2,1-2H3,(H,28,30)(H,29,31). The molecule has 3 rings (SSSR count). The first-order valence-electron chi connectivity index (χ1n) is 11.1. The van der Waals surface area contributed by atoms with Crippen LogP contribution in [0.25, 0.3) is 0 Å². The molecule has 5 heteroatoms. The fourth-order valence-corrected chi connectivity index (χ4v) is 3.36. The van der Waals surface area contributed by atoms with Gasteiger partial charge in [0, 0.05) is 11.3 Å². The number of para-hydroxylation sites is 1. The van der Waals surface area contributed by atoms with E-state index in [0.29, 0.717) is 29.2 Å². The molecular weight excluding hydrogens is 400 g/mol. The normalized spacial score (nSPS) is 11.4. The van der Waals surface area contributed by atoms with E-state index in [1.807, 2.05) is 49.4 Å². The molecule has 5 nitrogen and oxygen atoms in total. The SMILES string of the molecule is CCCCCOc1ccccc1C(=O)Nc1cccc(C(=O)NC(C)c2ccccc2)c1. The average Bonchev–Trinajstić information content (AvgIpc) is 2.82. The largest absolute Gasteiger partial charge is 0.493 e. The summed E-state index contributed by atoms with van der Waals surface area (Å²) in [6.45, 7) is 4.65. The molecule has 3 aromatic rings. The summed E-state index contributed by atoms with van der Waals surface area (Å²) < 4.78 is 5.82. The molecule has 2 amide bonds. The van der Waals surface area contributed by atoms with Crippen LogP contribution in [0.2, 0.25) is 0 Å². The zero-order valence-corrected chi connectivity index (χ0v) is 18.6. The van der Waals surface area contributed by atoms with Crippen LogP contribution in [0.4, 0.5) is 5.69 Å². The number of ether oxygens (including phenoxy) is 1. The summed E-state index contributed by atoms with van der Waals surface area (Å²) in [6, 6.07) is 23.8. The Labute approximate surface area is 189 Å². The molecule has 0 aromatic heterocycles. The molecule has 1 atom stereocenters. The molecule has 3 aromatic carbocycles. The molecule has 0 bridgehead atoms. The molecule has 0 saturated carbocycles. The Hall–Kier alpha value is -3.60. The third-order valence-corrected chi connectivity index (χ3v) is 5.17. The van der Waals surface area contributed by atoms with Crippen LogP contribution in [0, 0.1) is 0 Å². The summed E-state index contributed by atoms with van der Waals surface area (Å²) in [6.07, 6.45) is 3.15. The van der Waals surface area contributed by atoms with Gasteiger partial charge < -0.3 is 15.4 Å². The smallest absolute Gasteiger partial charge is 0.259 e. The van der Waals surface area contributed by atoms with Crippen molar-refractivity contribution in [1.29, 1.82) is 0 Å². The van der Waals surface area contributed by atoms with Crippen LogP contribution in [-0.4, -0.2) is 18.4 Å². The topological polar surface area (TPSA) is 67.4 Å². The van der Waals surface area contributed by atoms with E-state index in [1.54, 1.807) is 36.4 Å². The number of amides is 2. The Morgan fingerprint density at radius 3 is 2.41 bits per heavy atom. The van der Waals surface area contributed by atoms with Crippen LogP contribution >= 0.6 is 0 Å². The van der Waals surface area contributed by atoms with Crippen molar-refractivity contribution in [2.75, 3.05) is 11.9 Å². The minimum Gasteiger partial charge on any atom is -0.493 e. The molecule has 166 valence electrons. The molecule has 0 aliphatic carbocycles. The van der Waals surface area contributed by atoms with Crippen molar-refractivity contribution in [3.05, 3.63) is 95.6 Å². The van der Waals surface area contributed by atoms with Gasteiger partial charge in [0.05, 0.1) is 18.2 Å². The van der Waals surface area contributed by atoms with E-state index in [0.717, 1.165) is 24.8 Å². The number of anilines is 1. The minimum atomic E-state index is -0.272. The monoisotopic (exact) mass is 430 g/mol. The Morgan fingerprint density at radius 2 is 1.62 bits per heavy atom. The number of unbranched alkanes of at least 4 members (excludes halogenated alkanes) is 2. The van der Waals surface area contributed by atoms with Crippen molar-refractivity contribution in [3.63, 3.8) is 0 Å². The fourth-order valence-electron chi connectivity index (χ4n) is 3.36. The van der Waals surface area contributed by atoms with E-state index in [-0.39, 0.29) is 17.9 Å². The van der Waals surface area contributed by atoms with E-state index in [1.165, 1.54) is 0 Å². The third-order valence-electron chi connectivity index (χ3n) is 5.17. The summed E-state index contributed by atoms with van der Waals surface area (Å²) >= 11 is 0. The first-order valence-corrected chi connectivity index (χ1v) is 11.1. The number of nitrogens with one attached hydrogen (secondary N) is 2. The van der Waals surface area contributed by atoms with Crippen LogP contribution < -0.4 is 15.4 Å². The Balaban J connectivity index is 1.66. The van der Waals surface area contributed by atoms with Gasteiger partial charge in [-0.05, 0) is 49.2 Å². The summed E-state index contributed by atoms with van der Waals surface area (Å²) in [5.74, 6) is 0.0927. The van der Waals surface area contributed by atoms with E-state index < -0.39 is 0 Å². The second-order valence-electron chi connectivity index (χ2n) is 7.69. The number of hydrogen-bond donors (Lipinski definition) is 2. The second-order valence-corrected chi connectivity index (χ2v) is 7.69. The molecule has 2 N–H and O–H groups in total. The molecule has 0 heterocycles. The van der Waals surface area contributed by atoms with Crippen molar-refractivity contribution in [2.24, 2.45) is 0 Å². The second kappa shape index (κ2) is 11.7. The molecule has 1 unspecified atom stereocenters. The zero-order valence-electron chi connectivity index (χ0n) is 18.6. The third kappa shape index (κ3) is 6.45. The highest BCUT2D eigenvalue weighted by Crippen LogP contribution is 2.21. The zero-order chi connectivity index (χ0) is 22.8. The average molecular weight is 431 g/mol.